The molecule has 0 aliphatic heterocycles. The number of carbonyl (C=O) groups is 3. The molecule has 80 heavy (non-hydrogen) atoms. The summed E-state index contributed by atoms with van der Waals surface area (Å²) < 4.78 is 16.9. The van der Waals surface area contributed by atoms with Crippen LogP contribution in [0.4, 0.5) is 0 Å². The molecule has 1 unspecified atom stereocenters. The fraction of sp³-hybridized carbons (Fsp3) is 0.635. The number of hydrogen-bond donors (Lipinski definition) is 0. The van der Waals surface area contributed by atoms with Crippen LogP contribution in [-0.4, -0.2) is 37.2 Å². The Hall–Kier alpha value is -4.71. The van der Waals surface area contributed by atoms with Crippen molar-refractivity contribution in [3.63, 3.8) is 0 Å². The molecular weight excluding hydrogens is 985 g/mol. The van der Waals surface area contributed by atoms with Gasteiger partial charge in [0.15, 0.2) is 6.10 Å². The van der Waals surface area contributed by atoms with Crippen LogP contribution in [0.2, 0.25) is 0 Å². The van der Waals surface area contributed by atoms with Crippen molar-refractivity contribution in [1.82, 2.24) is 0 Å². The van der Waals surface area contributed by atoms with Crippen LogP contribution in [-0.2, 0) is 28.6 Å². The van der Waals surface area contributed by atoms with Crippen LogP contribution in [0.15, 0.2) is 146 Å². The second-order valence-corrected chi connectivity index (χ2v) is 21.3. The van der Waals surface area contributed by atoms with Gasteiger partial charge < -0.3 is 14.2 Å². The average molecular weight is 1110 g/mol. The standard InChI is InChI=1S/C74H120O6/c1-4-7-10-13-16-19-22-25-28-29-30-31-32-33-34-35-36-37-38-39-40-41-42-43-44-45-47-49-52-55-58-61-64-67-73(76)79-70-71(69-78-72(75)66-63-60-57-54-51-48-27-24-21-18-15-12-9-6-3)80-74(77)68-65-62-59-56-53-50-46-26-23-20-17-14-11-8-5-2/h7,10,15-16,18-19,24-28,30-31,33-34,36-37,39-40,42-43,45-47,71H,4-6,8-9,11-14,17,20-23,29,32,35,38,41,44,48-70H2,1-3H3/b10-7-,18-15-,19-16-,27-24-,28-25-,31-30-,34-33-,37-36-,40-39-,43-42-,46-26-,47-45-. The smallest absolute Gasteiger partial charge is 0.306 e. The predicted octanol–water partition coefficient (Wildman–Crippen LogP) is 22.7. The maximum Gasteiger partial charge on any atom is 0.306 e. The first-order valence-electron chi connectivity index (χ1n) is 32.8. The van der Waals surface area contributed by atoms with E-state index in [1.54, 1.807) is 0 Å². The Labute approximate surface area is 493 Å². The Morgan fingerprint density at radius 1 is 0.263 bits per heavy atom. The van der Waals surface area contributed by atoms with E-state index in [2.05, 4.69) is 167 Å². The van der Waals surface area contributed by atoms with E-state index in [9.17, 15) is 14.4 Å². The molecular formula is C74H120O6. The van der Waals surface area contributed by atoms with Gasteiger partial charge in [-0.15, -0.1) is 0 Å². The lowest BCUT2D eigenvalue weighted by Crippen LogP contribution is -2.30. The average Bonchev–Trinajstić information content (AvgIpc) is 3.46. The molecule has 0 fully saturated rings. The number of unbranched alkanes of at least 4 members (excludes halogenated alkanes) is 23. The highest BCUT2D eigenvalue weighted by Gasteiger charge is 2.19. The number of hydrogen-bond acceptors (Lipinski definition) is 6. The molecule has 0 aliphatic carbocycles. The third-order valence-corrected chi connectivity index (χ3v) is 13.5. The lowest BCUT2D eigenvalue weighted by Gasteiger charge is -2.18. The van der Waals surface area contributed by atoms with Gasteiger partial charge in [-0.05, 0) is 141 Å². The second-order valence-electron chi connectivity index (χ2n) is 21.3. The number of rotatable bonds is 58. The molecule has 6 heteroatoms. The summed E-state index contributed by atoms with van der Waals surface area (Å²) >= 11 is 0. The lowest BCUT2D eigenvalue weighted by molar-refractivity contribution is -0.167. The Kier molecular flexibility index (Phi) is 62.9. The van der Waals surface area contributed by atoms with E-state index in [4.69, 9.17) is 14.2 Å². The summed E-state index contributed by atoms with van der Waals surface area (Å²) in [6.07, 6.45) is 95.7. The Morgan fingerprint density at radius 3 is 0.812 bits per heavy atom. The van der Waals surface area contributed by atoms with Gasteiger partial charge in [-0.25, -0.2) is 0 Å². The highest BCUT2D eigenvalue weighted by molar-refractivity contribution is 5.71. The molecule has 0 radical (unpaired) electrons. The van der Waals surface area contributed by atoms with E-state index in [-0.39, 0.29) is 31.1 Å². The monoisotopic (exact) mass is 1100 g/mol. The molecule has 0 saturated heterocycles. The molecule has 0 heterocycles. The van der Waals surface area contributed by atoms with Crippen LogP contribution in [0.3, 0.4) is 0 Å². The highest BCUT2D eigenvalue weighted by atomic mass is 16.6. The minimum atomic E-state index is -0.802. The van der Waals surface area contributed by atoms with Crippen molar-refractivity contribution in [2.45, 2.75) is 290 Å². The van der Waals surface area contributed by atoms with Crippen LogP contribution >= 0.6 is 0 Å². The third kappa shape index (κ3) is 64.1. The van der Waals surface area contributed by atoms with Gasteiger partial charge in [-0.1, -0.05) is 269 Å². The van der Waals surface area contributed by atoms with Crippen LogP contribution in [0.5, 0.6) is 0 Å². The second kappa shape index (κ2) is 66.8. The minimum Gasteiger partial charge on any atom is -0.462 e. The predicted molar refractivity (Wildman–Crippen MR) is 348 cm³/mol. The van der Waals surface area contributed by atoms with Gasteiger partial charge in [-0.2, -0.15) is 0 Å². The fourth-order valence-corrected chi connectivity index (χ4v) is 8.62. The van der Waals surface area contributed by atoms with Gasteiger partial charge in [0.05, 0.1) is 0 Å². The summed E-state index contributed by atoms with van der Waals surface area (Å²) in [4.78, 5) is 38.3. The molecule has 0 aromatic carbocycles. The molecule has 1 atom stereocenters. The molecule has 0 amide bonds. The fourth-order valence-electron chi connectivity index (χ4n) is 8.62. The van der Waals surface area contributed by atoms with Crippen molar-refractivity contribution in [1.29, 1.82) is 0 Å². The van der Waals surface area contributed by atoms with Gasteiger partial charge in [0.25, 0.3) is 0 Å². The van der Waals surface area contributed by atoms with Gasteiger partial charge >= 0.3 is 17.9 Å². The van der Waals surface area contributed by atoms with Crippen molar-refractivity contribution in [3.05, 3.63) is 146 Å². The molecule has 0 N–H and O–H groups in total. The summed E-state index contributed by atoms with van der Waals surface area (Å²) in [5.74, 6) is -0.939. The first-order valence-corrected chi connectivity index (χ1v) is 32.8. The number of esters is 3. The van der Waals surface area contributed by atoms with E-state index in [1.807, 2.05) is 0 Å². The van der Waals surface area contributed by atoms with E-state index >= 15 is 0 Å². The normalized spacial score (nSPS) is 13.1. The molecule has 0 aromatic rings. The Morgan fingerprint density at radius 2 is 0.500 bits per heavy atom. The van der Waals surface area contributed by atoms with Crippen molar-refractivity contribution in [2.24, 2.45) is 0 Å². The summed E-state index contributed by atoms with van der Waals surface area (Å²) in [5, 5.41) is 0. The quantitative estimate of drug-likeness (QED) is 0.0261. The third-order valence-electron chi connectivity index (χ3n) is 13.5. The molecule has 452 valence electrons. The molecule has 6 nitrogen and oxygen atoms in total. The van der Waals surface area contributed by atoms with Crippen LogP contribution in [0, 0.1) is 0 Å². The topological polar surface area (TPSA) is 78.9 Å². The van der Waals surface area contributed by atoms with Gasteiger partial charge in [0.2, 0.25) is 0 Å². The number of ether oxygens (including phenoxy) is 3. The van der Waals surface area contributed by atoms with Crippen LogP contribution in [0.1, 0.15) is 284 Å². The SMILES string of the molecule is CC/C=C\C/C=C\C/C=C\C/C=C\C/C=C\C/C=C\C/C=C\C/C=C\C/C=C\CCCCCCCC(=O)OCC(COC(=O)CCCCCCC/C=C\C/C=C\CCCC)OC(=O)CCCCCCC/C=C\CCCCCCCC. The van der Waals surface area contributed by atoms with Crippen LogP contribution in [0.25, 0.3) is 0 Å². The first-order chi connectivity index (χ1) is 39.5. The van der Waals surface area contributed by atoms with Crippen molar-refractivity contribution < 1.29 is 28.6 Å². The summed E-state index contributed by atoms with van der Waals surface area (Å²) in [6.45, 7) is 6.45. The highest BCUT2D eigenvalue weighted by Crippen LogP contribution is 2.14. The molecule has 0 saturated carbocycles. The van der Waals surface area contributed by atoms with Crippen molar-refractivity contribution in [3.8, 4) is 0 Å². The maximum atomic E-state index is 12.9. The Bertz CT molecular complexity index is 1750. The molecule has 0 aliphatic rings. The minimum absolute atomic E-state index is 0.0985. The van der Waals surface area contributed by atoms with E-state index in [0.29, 0.717) is 19.3 Å². The Balaban J connectivity index is 4.35. The maximum absolute atomic E-state index is 12.9. The zero-order valence-corrected chi connectivity index (χ0v) is 51.8. The van der Waals surface area contributed by atoms with E-state index in [1.165, 1.54) is 70.6 Å². The number of allylic oxidation sites excluding steroid dienone is 24. The van der Waals surface area contributed by atoms with Crippen molar-refractivity contribution in [2.75, 3.05) is 13.2 Å². The molecule has 0 aromatic heterocycles. The van der Waals surface area contributed by atoms with Crippen LogP contribution < -0.4 is 0 Å². The largest absolute Gasteiger partial charge is 0.462 e. The molecule has 0 rings (SSSR count). The summed E-state index contributed by atoms with van der Waals surface area (Å²) in [7, 11) is 0. The van der Waals surface area contributed by atoms with Crippen molar-refractivity contribution >= 4 is 17.9 Å². The zero-order chi connectivity index (χ0) is 57.8. The first kappa shape index (κ1) is 75.3. The van der Waals surface area contributed by atoms with Gasteiger partial charge in [0, 0.05) is 19.3 Å². The molecule has 0 spiro atoms. The summed E-state index contributed by atoms with van der Waals surface area (Å²) in [5.41, 5.74) is 0. The van der Waals surface area contributed by atoms with E-state index in [0.717, 1.165) is 173 Å². The molecule has 0 bridgehead atoms. The lowest BCUT2D eigenvalue weighted by atomic mass is 10.1. The van der Waals surface area contributed by atoms with E-state index < -0.39 is 6.10 Å². The summed E-state index contributed by atoms with van der Waals surface area (Å²) in [6, 6.07) is 0. The zero-order valence-electron chi connectivity index (χ0n) is 51.8. The van der Waals surface area contributed by atoms with Gasteiger partial charge in [-0.3, -0.25) is 14.4 Å². The number of carbonyl (C=O) groups excluding carboxylic acids is 3. The van der Waals surface area contributed by atoms with Gasteiger partial charge in [0.1, 0.15) is 13.2 Å².